The molecule has 0 N–H and O–H groups in total. The van der Waals surface area contributed by atoms with Gasteiger partial charge in [0.1, 0.15) is 0 Å². The van der Waals surface area contributed by atoms with E-state index in [4.69, 9.17) is 9.97 Å². The summed E-state index contributed by atoms with van der Waals surface area (Å²) >= 11 is 0. The zero-order chi connectivity index (χ0) is 30.7. The first kappa shape index (κ1) is 25.1. The van der Waals surface area contributed by atoms with Gasteiger partial charge in [-0.15, -0.1) is 0 Å². The fourth-order valence-corrected chi connectivity index (χ4v) is 8.84. The lowest BCUT2D eigenvalue weighted by molar-refractivity contribution is 0.795. The van der Waals surface area contributed by atoms with Gasteiger partial charge in [-0.2, -0.15) is 0 Å². The van der Waals surface area contributed by atoms with E-state index in [1.165, 1.54) is 66.1 Å². The Bertz CT molecular complexity index is 2760. The lowest BCUT2D eigenvalue weighted by Gasteiger charge is -2.31. The maximum atomic E-state index is 5.39. The molecule has 7 aromatic carbocycles. The molecule has 9 aromatic rings. The van der Waals surface area contributed by atoms with Crippen molar-refractivity contribution in [1.82, 2.24) is 9.97 Å². The second-order valence-corrected chi connectivity index (χ2v) is 12.9. The molecule has 0 saturated carbocycles. The second kappa shape index (κ2) is 8.99. The minimum atomic E-state index is -0.453. The number of rotatable bonds is 1. The first-order valence-corrected chi connectivity index (χ1v) is 16.3. The van der Waals surface area contributed by atoms with Gasteiger partial charge in [-0.25, -0.2) is 4.98 Å². The summed E-state index contributed by atoms with van der Waals surface area (Å²) in [6, 6.07) is 55.8. The third kappa shape index (κ3) is 3.10. The molecule has 0 saturated heterocycles. The average Bonchev–Trinajstić information content (AvgIpc) is 3.62. The average molecular weight is 595 g/mol. The van der Waals surface area contributed by atoms with Crippen LogP contribution in [0.25, 0.3) is 76.9 Å². The number of pyridine rings is 2. The van der Waals surface area contributed by atoms with Crippen molar-refractivity contribution in [3.63, 3.8) is 0 Å². The van der Waals surface area contributed by atoms with E-state index < -0.39 is 5.41 Å². The van der Waals surface area contributed by atoms with Gasteiger partial charge < -0.3 is 0 Å². The number of hydrogen-bond donors (Lipinski definition) is 0. The molecule has 11 rings (SSSR count). The van der Waals surface area contributed by atoms with Crippen molar-refractivity contribution in [2.75, 3.05) is 0 Å². The summed E-state index contributed by atoms with van der Waals surface area (Å²) in [5, 5.41) is 7.22. The van der Waals surface area contributed by atoms with Crippen molar-refractivity contribution in [1.29, 1.82) is 0 Å². The van der Waals surface area contributed by atoms with E-state index in [0.29, 0.717) is 0 Å². The van der Waals surface area contributed by atoms with Gasteiger partial charge in [-0.1, -0.05) is 133 Å². The fraction of sp³-hybridized carbons (Fsp3) is 0.0222. The van der Waals surface area contributed by atoms with Crippen LogP contribution in [0.15, 0.2) is 158 Å². The molecular weight excluding hydrogens is 569 g/mol. The van der Waals surface area contributed by atoms with Crippen LogP contribution in [0.4, 0.5) is 0 Å². The van der Waals surface area contributed by atoms with Crippen LogP contribution in [0.2, 0.25) is 0 Å². The SMILES string of the molecule is c1ccc2c(c1)-c1ccccc1C21c2ccc3ccccc3c2-c2c1cc(-c1ccc3ccc4cccnc4c3n1)c1ccccc21. The molecule has 0 unspecified atom stereocenters. The summed E-state index contributed by atoms with van der Waals surface area (Å²) in [6.07, 6.45) is 1.86. The topological polar surface area (TPSA) is 25.8 Å². The largest absolute Gasteiger partial charge is 0.254 e. The highest BCUT2D eigenvalue weighted by molar-refractivity contribution is 6.16. The molecule has 0 amide bonds. The molecule has 2 heterocycles. The third-order valence-electron chi connectivity index (χ3n) is 10.7. The highest BCUT2D eigenvalue weighted by Crippen LogP contribution is 2.65. The molecule has 2 heteroatoms. The first-order valence-electron chi connectivity index (χ1n) is 16.3. The van der Waals surface area contributed by atoms with Crippen LogP contribution in [0.1, 0.15) is 22.3 Å². The lowest BCUT2D eigenvalue weighted by atomic mass is 9.70. The Kier molecular flexibility index (Phi) is 4.80. The van der Waals surface area contributed by atoms with Crippen LogP contribution >= 0.6 is 0 Å². The van der Waals surface area contributed by atoms with Gasteiger partial charge in [0.05, 0.1) is 22.1 Å². The van der Waals surface area contributed by atoms with Crippen molar-refractivity contribution >= 4 is 43.4 Å². The highest BCUT2D eigenvalue weighted by Gasteiger charge is 2.52. The van der Waals surface area contributed by atoms with E-state index in [2.05, 4.69) is 146 Å². The van der Waals surface area contributed by atoms with E-state index >= 15 is 0 Å². The molecule has 0 fully saturated rings. The van der Waals surface area contributed by atoms with Crippen molar-refractivity contribution < 1.29 is 0 Å². The fourth-order valence-electron chi connectivity index (χ4n) is 8.84. The molecule has 1 spiro atoms. The van der Waals surface area contributed by atoms with E-state index in [0.717, 1.165) is 33.1 Å². The Morgan fingerprint density at radius 1 is 0.383 bits per heavy atom. The second-order valence-electron chi connectivity index (χ2n) is 12.9. The molecule has 0 aliphatic heterocycles. The summed E-state index contributed by atoms with van der Waals surface area (Å²) in [4.78, 5) is 10.2. The lowest BCUT2D eigenvalue weighted by Crippen LogP contribution is -2.26. The van der Waals surface area contributed by atoms with Crippen LogP contribution in [-0.4, -0.2) is 9.97 Å². The predicted molar refractivity (Wildman–Crippen MR) is 194 cm³/mol. The predicted octanol–water partition coefficient (Wildman–Crippen LogP) is 11.1. The van der Waals surface area contributed by atoms with Gasteiger partial charge >= 0.3 is 0 Å². The van der Waals surface area contributed by atoms with Crippen molar-refractivity contribution in [3.05, 3.63) is 180 Å². The number of hydrogen-bond acceptors (Lipinski definition) is 2. The molecule has 2 nitrogen and oxygen atoms in total. The van der Waals surface area contributed by atoms with Crippen LogP contribution in [0.5, 0.6) is 0 Å². The zero-order valence-electron chi connectivity index (χ0n) is 25.4. The minimum absolute atomic E-state index is 0.453. The van der Waals surface area contributed by atoms with Crippen molar-refractivity contribution in [3.8, 4) is 33.5 Å². The maximum absolute atomic E-state index is 5.39. The molecule has 0 radical (unpaired) electrons. The van der Waals surface area contributed by atoms with Gasteiger partial charge in [0.25, 0.3) is 0 Å². The quantitative estimate of drug-likeness (QED) is 0.177. The Balaban J connectivity index is 1.34. The van der Waals surface area contributed by atoms with Gasteiger partial charge in [0.15, 0.2) is 0 Å². The Morgan fingerprint density at radius 3 is 1.79 bits per heavy atom. The van der Waals surface area contributed by atoms with E-state index in [1.807, 2.05) is 12.3 Å². The summed E-state index contributed by atoms with van der Waals surface area (Å²) in [6.45, 7) is 0. The standard InChI is InChI=1S/C45H26N2/c1-2-12-30-27(10-1)21-23-38-41(30)42-34-16-4-3-13-31(34)35(40-24-22-29-20-19-28-11-9-25-46-43(28)44(29)47-40)26-39(42)45(38)36-17-7-5-14-32(36)33-15-6-8-18-37(33)45/h1-26H. The smallest absolute Gasteiger partial charge is 0.0972 e. The molecule has 2 aliphatic carbocycles. The van der Waals surface area contributed by atoms with Crippen LogP contribution < -0.4 is 0 Å². The molecule has 47 heavy (non-hydrogen) atoms. The van der Waals surface area contributed by atoms with Crippen LogP contribution in [0, 0.1) is 0 Å². The van der Waals surface area contributed by atoms with Crippen molar-refractivity contribution in [2.24, 2.45) is 0 Å². The molecule has 2 aliphatic rings. The highest BCUT2D eigenvalue weighted by atomic mass is 14.8. The maximum Gasteiger partial charge on any atom is 0.0972 e. The minimum Gasteiger partial charge on any atom is -0.254 e. The van der Waals surface area contributed by atoms with Gasteiger partial charge in [-0.3, -0.25) is 4.98 Å². The number of nitrogens with zero attached hydrogens (tertiary/aromatic N) is 2. The van der Waals surface area contributed by atoms with Gasteiger partial charge in [-0.05, 0) is 84.3 Å². The summed E-state index contributed by atoms with van der Waals surface area (Å²) in [7, 11) is 0. The normalized spacial score (nSPS) is 13.7. The summed E-state index contributed by atoms with van der Waals surface area (Å²) < 4.78 is 0. The molecule has 2 aromatic heterocycles. The van der Waals surface area contributed by atoms with E-state index in [9.17, 15) is 0 Å². The van der Waals surface area contributed by atoms with Crippen molar-refractivity contribution in [2.45, 2.75) is 5.41 Å². The number of aromatic nitrogens is 2. The Morgan fingerprint density at radius 2 is 0.979 bits per heavy atom. The third-order valence-corrected chi connectivity index (χ3v) is 10.7. The van der Waals surface area contributed by atoms with Crippen LogP contribution in [0.3, 0.4) is 0 Å². The molecule has 216 valence electrons. The first-order chi connectivity index (χ1) is 23.3. The van der Waals surface area contributed by atoms with E-state index in [-0.39, 0.29) is 0 Å². The van der Waals surface area contributed by atoms with Gasteiger partial charge in [0.2, 0.25) is 0 Å². The number of fused-ring (bicyclic) bond motifs is 17. The Hall–Kier alpha value is -6.12. The molecule has 0 bridgehead atoms. The monoisotopic (exact) mass is 594 g/mol. The van der Waals surface area contributed by atoms with Crippen LogP contribution in [-0.2, 0) is 5.41 Å². The zero-order valence-corrected chi connectivity index (χ0v) is 25.4. The summed E-state index contributed by atoms with van der Waals surface area (Å²) in [5.74, 6) is 0. The Labute approximate surface area is 271 Å². The molecular formula is C45H26N2. The molecule has 0 atom stereocenters. The number of benzene rings is 7. The summed E-state index contributed by atoms with van der Waals surface area (Å²) in [5.41, 5.74) is 14.2. The van der Waals surface area contributed by atoms with Gasteiger partial charge in [0, 0.05) is 22.5 Å². The van der Waals surface area contributed by atoms with E-state index in [1.54, 1.807) is 0 Å².